The van der Waals surface area contributed by atoms with E-state index in [1.54, 1.807) is 12.3 Å². The number of carbonyl (C=O) groups excluding carboxylic acids is 1. The topological polar surface area (TPSA) is 73.0 Å². The van der Waals surface area contributed by atoms with Gasteiger partial charge in [0.15, 0.2) is 16.7 Å². The lowest BCUT2D eigenvalue weighted by Crippen LogP contribution is -2.14. The van der Waals surface area contributed by atoms with E-state index in [0.717, 1.165) is 9.26 Å². The Morgan fingerprint density at radius 3 is 2.78 bits per heavy atom. The number of rotatable bonds is 5. The number of anilines is 1. The van der Waals surface area contributed by atoms with Crippen LogP contribution in [0.4, 0.5) is 5.69 Å². The lowest BCUT2D eigenvalue weighted by atomic mass is 10.3. The van der Waals surface area contributed by atoms with Crippen molar-refractivity contribution in [2.75, 3.05) is 11.1 Å². The van der Waals surface area contributed by atoms with Gasteiger partial charge in [-0.15, -0.1) is 10.2 Å². The molecule has 3 rings (SSSR count). The van der Waals surface area contributed by atoms with E-state index in [-0.39, 0.29) is 11.7 Å². The van der Waals surface area contributed by atoms with E-state index in [9.17, 15) is 4.79 Å². The van der Waals surface area contributed by atoms with Gasteiger partial charge in [-0.2, -0.15) is 0 Å². The highest BCUT2D eigenvalue weighted by molar-refractivity contribution is 14.1. The van der Waals surface area contributed by atoms with Gasteiger partial charge in [0.05, 0.1) is 12.0 Å². The second-order valence-corrected chi connectivity index (χ2v) is 6.87. The van der Waals surface area contributed by atoms with Crippen LogP contribution in [-0.2, 0) is 11.8 Å². The van der Waals surface area contributed by atoms with Gasteiger partial charge in [-0.05, 0) is 59.0 Å². The second-order valence-electron chi connectivity index (χ2n) is 4.69. The van der Waals surface area contributed by atoms with Gasteiger partial charge in [-0.3, -0.25) is 4.79 Å². The van der Waals surface area contributed by atoms with Crippen molar-refractivity contribution in [1.82, 2.24) is 14.8 Å². The first-order valence-corrected chi connectivity index (χ1v) is 8.81. The number of thioether (sulfide) groups is 1. The van der Waals surface area contributed by atoms with Crippen molar-refractivity contribution in [1.29, 1.82) is 0 Å². The minimum Gasteiger partial charge on any atom is -0.461 e. The Labute approximate surface area is 150 Å². The summed E-state index contributed by atoms with van der Waals surface area (Å²) in [7, 11) is 1.84. The molecular formula is C15H13IN4O2S. The van der Waals surface area contributed by atoms with Crippen molar-refractivity contribution < 1.29 is 9.21 Å². The molecule has 8 heteroatoms. The third kappa shape index (κ3) is 3.94. The Bertz CT molecular complexity index is 800. The average molecular weight is 440 g/mol. The van der Waals surface area contributed by atoms with Crippen LogP contribution in [0.25, 0.3) is 11.6 Å². The SMILES string of the molecule is Cn1c(SCC(=O)Nc2ccc(I)cc2)nnc1-c1ccco1. The van der Waals surface area contributed by atoms with Crippen LogP contribution in [0.15, 0.2) is 52.2 Å². The molecule has 0 fully saturated rings. The molecule has 0 unspecified atom stereocenters. The number of amides is 1. The predicted molar refractivity (Wildman–Crippen MR) is 97.2 cm³/mol. The molecule has 1 aromatic carbocycles. The summed E-state index contributed by atoms with van der Waals surface area (Å²) in [6.07, 6.45) is 1.59. The summed E-state index contributed by atoms with van der Waals surface area (Å²) >= 11 is 3.55. The summed E-state index contributed by atoms with van der Waals surface area (Å²) in [5.41, 5.74) is 0.783. The normalized spacial score (nSPS) is 10.7. The van der Waals surface area contributed by atoms with Crippen molar-refractivity contribution in [2.24, 2.45) is 7.05 Å². The molecule has 1 N–H and O–H groups in total. The second kappa shape index (κ2) is 7.18. The molecule has 0 spiro atoms. The van der Waals surface area contributed by atoms with E-state index in [1.165, 1.54) is 11.8 Å². The van der Waals surface area contributed by atoms with Crippen LogP contribution in [-0.4, -0.2) is 26.4 Å². The molecule has 0 bridgehead atoms. The summed E-state index contributed by atoms with van der Waals surface area (Å²) in [6, 6.07) is 11.3. The summed E-state index contributed by atoms with van der Waals surface area (Å²) in [6.45, 7) is 0. The van der Waals surface area contributed by atoms with Crippen LogP contribution in [0.5, 0.6) is 0 Å². The Morgan fingerprint density at radius 1 is 1.30 bits per heavy atom. The largest absolute Gasteiger partial charge is 0.461 e. The summed E-state index contributed by atoms with van der Waals surface area (Å²) in [5, 5.41) is 11.7. The molecule has 3 aromatic rings. The number of nitrogens with one attached hydrogen (secondary N) is 1. The molecule has 6 nitrogen and oxygen atoms in total. The van der Waals surface area contributed by atoms with E-state index >= 15 is 0 Å². The van der Waals surface area contributed by atoms with Crippen LogP contribution in [0.2, 0.25) is 0 Å². The Hall–Kier alpha value is -1.81. The van der Waals surface area contributed by atoms with Gasteiger partial charge in [-0.1, -0.05) is 11.8 Å². The zero-order chi connectivity index (χ0) is 16.2. The van der Waals surface area contributed by atoms with Crippen molar-refractivity contribution in [3.8, 4) is 11.6 Å². The number of furan rings is 1. The molecule has 0 atom stereocenters. The van der Waals surface area contributed by atoms with Crippen LogP contribution in [0.3, 0.4) is 0 Å². The highest BCUT2D eigenvalue weighted by Gasteiger charge is 2.14. The summed E-state index contributed by atoms with van der Waals surface area (Å²) < 4.78 is 8.25. The quantitative estimate of drug-likeness (QED) is 0.487. The number of nitrogens with zero attached hydrogens (tertiary/aromatic N) is 3. The maximum absolute atomic E-state index is 12.0. The minimum atomic E-state index is -0.0845. The van der Waals surface area contributed by atoms with Gasteiger partial charge in [0.25, 0.3) is 0 Å². The first kappa shape index (κ1) is 16.1. The minimum absolute atomic E-state index is 0.0845. The highest BCUT2D eigenvalue weighted by atomic mass is 127. The van der Waals surface area contributed by atoms with Gasteiger partial charge in [-0.25, -0.2) is 0 Å². The lowest BCUT2D eigenvalue weighted by Gasteiger charge is -2.05. The molecule has 0 aliphatic carbocycles. The molecule has 118 valence electrons. The standard InChI is InChI=1S/C15H13IN4O2S/c1-20-14(12-3-2-8-22-12)18-19-15(20)23-9-13(21)17-11-6-4-10(16)5-7-11/h2-8H,9H2,1H3,(H,17,21). The predicted octanol–water partition coefficient (Wildman–Crippen LogP) is 3.41. The maximum Gasteiger partial charge on any atom is 0.234 e. The molecule has 23 heavy (non-hydrogen) atoms. The van der Waals surface area contributed by atoms with E-state index in [4.69, 9.17) is 4.42 Å². The Balaban J connectivity index is 1.60. The molecule has 2 heterocycles. The van der Waals surface area contributed by atoms with Crippen molar-refractivity contribution in [2.45, 2.75) is 5.16 Å². The van der Waals surface area contributed by atoms with E-state index in [1.807, 2.05) is 41.9 Å². The van der Waals surface area contributed by atoms with Crippen molar-refractivity contribution in [3.63, 3.8) is 0 Å². The van der Waals surface area contributed by atoms with Crippen LogP contribution in [0.1, 0.15) is 0 Å². The number of hydrogen-bond acceptors (Lipinski definition) is 5. The Morgan fingerprint density at radius 2 is 2.09 bits per heavy atom. The summed E-state index contributed by atoms with van der Waals surface area (Å²) in [4.78, 5) is 12.0. The van der Waals surface area contributed by atoms with Gasteiger partial charge < -0.3 is 14.3 Å². The van der Waals surface area contributed by atoms with E-state index < -0.39 is 0 Å². The fourth-order valence-corrected chi connectivity index (χ4v) is 2.99. The fourth-order valence-electron chi connectivity index (χ4n) is 1.92. The molecule has 0 saturated heterocycles. The third-order valence-electron chi connectivity index (χ3n) is 3.04. The number of aromatic nitrogens is 3. The van der Waals surface area contributed by atoms with Gasteiger partial charge in [0.1, 0.15) is 0 Å². The Kier molecular flexibility index (Phi) is 5.01. The lowest BCUT2D eigenvalue weighted by molar-refractivity contribution is -0.113. The number of carbonyl (C=O) groups is 1. The first-order valence-electron chi connectivity index (χ1n) is 6.75. The molecule has 0 saturated carbocycles. The van der Waals surface area contributed by atoms with Gasteiger partial charge >= 0.3 is 0 Å². The molecule has 1 amide bonds. The third-order valence-corrected chi connectivity index (χ3v) is 4.78. The zero-order valence-electron chi connectivity index (χ0n) is 12.2. The number of hydrogen-bond donors (Lipinski definition) is 1. The summed E-state index contributed by atoms with van der Waals surface area (Å²) in [5.74, 6) is 1.46. The van der Waals surface area contributed by atoms with E-state index in [0.29, 0.717) is 16.7 Å². The zero-order valence-corrected chi connectivity index (χ0v) is 15.2. The first-order chi connectivity index (χ1) is 11.1. The number of halogens is 1. The van der Waals surface area contributed by atoms with Crippen molar-refractivity contribution in [3.05, 3.63) is 46.2 Å². The molecule has 2 aromatic heterocycles. The van der Waals surface area contributed by atoms with Gasteiger partial charge in [0, 0.05) is 16.3 Å². The van der Waals surface area contributed by atoms with Crippen LogP contribution < -0.4 is 5.32 Å². The molecule has 0 aliphatic rings. The maximum atomic E-state index is 12.0. The fraction of sp³-hybridized carbons (Fsp3) is 0.133. The molecule has 0 aliphatic heterocycles. The van der Waals surface area contributed by atoms with E-state index in [2.05, 4.69) is 38.1 Å². The molecule has 0 radical (unpaired) electrons. The smallest absolute Gasteiger partial charge is 0.234 e. The van der Waals surface area contributed by atoms with Crippen LogP contribution in [0, 0.1) is 3.57 Å². The van der Waals surface area contributed by atoms with Crippen molar-refractivity contribution >= 4 is 45.9 Å². The number of benzene rings is 1. The van der Waals surface area contributed by atoms with Gasteiger partial charge in [0.2, 0.25) is 5.91 Å². The molecular weight excluding hydrogens is 427 g/mol. The van der Waals surface area contributed by atoms with Crippen LogP contribution >= 0.6 is 34.4 Å². The highest BCUT2D eigenvalue weighted by Crippen LogP contribution is 2.23. The average Bonchev–Trinajstić information content (AvgIpc) is 3.17. The monoisotopic (exact) mass is 440 g/mol.